The third-order valence-corrected chi connectivity index (χ3v) is 1.33. The van der Waals surface area contributed by atoms with E-state index in [1.165, 1.54) is 25.7 Å². The van der Waals surface area contributed by atoms with Gasteiger partial charge in [0, 0.05) is 13.2 Å². The van der Waals surface area contributed by atoms with Crippen LogP contribution in [0.5, 0.6) is 0 Å². The van der Waals surface area contributed by atoms with Crippen LogP contribution in [-0.2, 0) is 4.74 Å². The van der Waals surface area contributed by atoms with Crippen molar-refractivity contribution in [1.82, 2.24) is 0 Å². The molecule has 1 nitrogen and oxygen atoms in total. The third kappa shape index (κ3) is 7.96. The molecule has 0 N–H and O–H groups in total. The second-order valence-electron chi connectivity index (χ2n) is 2.32. The predicted molar refractivity (Wildman–Crippen MR) is 40.6 cm³/mol. The van der Waals surface area contributed by atoms with Crippen molar-refractivity contribution in [3.05, 3.63) is 0 Å². The number of ether oxygens (including phenoxy) is 1. The molecule has 1 rings (SSSR count). The van der Waals surface area contributed by atoms with Gasteiger partial charge in [-0.15, -0.1) is 0 Å². The largest absolute Gasteiger partial charge is 0.381 e. The fourth-order valence-corrected chi connectivity index (χ4v) is 0.510. The normalized spacial score (nSPS) is 16.7. The quantitative estimate of drug-likeness (QED) is 0.530. The van der Waals surface area contributed by atoms with Crippen molar-refractivity contribution in [3.63, 3.8) is 0 Å². The molecule has 0 bridgehead atoms. The second kappa shape index (κ2) is 7.96. The molecule has 1 saturated heterocycles. The Labute approximate surface area is 58.4 Å². The van der Waals surface area contributed by atoms with Gasteiger partial charge >= 0.3 is 0 Å². The number of rotatable bonds is 1. The molecule has 1 fully saturated rings. The van der Waals surface area contributed by atoms with E-state index in [-0.39, 0.29) is 0 Å². The molecule has 1 aliphatic heterocycles. The first-order valence-electron chi connectivity index (χ1n) is 3.99. The van der Waals surface area contributed by atoms with Gasteiger partial charge in [-0.1, -0.05) is 26.7 Å². The van der Waals surface area contributed by atoms with Gasteiger partial charge in [0.2, 0.25) is 0 Å². The zero-order valence-electron chi connectivity index (χ0n) is 6.65. The SMILES string of the molecule is C1CCOC1.CCCC. The summed E-state index contributed by atoms with van der Waals surface area (Å²) in [6.45, 7) is 6.36. The van der Waals surface area contributed by atoms with E-state index < -0.39 is 0 Å². The fourth-order valence-electron chi connectivity index (χ4n) is 0.510. The number of hydrogen-bond donors (Lipinski definition) is 0. The van der Waals surface area contributed by atoms with Gasteiger partial charge in [0.25, 0.3) is 0 Å². The first-order valence-corrected chi connectivity index (χ1v) is 3.99. The molecule has 0 amide bonds. The van der Waals surface area contributed by atoms with Crippen molar-refractivity contribution in [3.8, 4) is 0 Å². The summed E-state index contributed by atoms with van der Waals surface area (Å²) in [6.07, 6.45) is 5.19. The molecule has 0 aromatic heterocycles. The predicted octanol–water partition coefficient (Wildman–Crippen LogP) is 2.60. The van der Waals surface area contributed by atoms with Crippen molar-refractivity contribution in [2.75, 3.05) is 13.2 Å². The number of hydrogen-bond acceptors (Lipinski definition) is 1. The van der Waals surface area contributed by atoms with Gasteiger partial charge in [-0.25, -0.2) is 0 Å². The molecule has 0 radical (unpaired) electrons. The lowest BCUT2D eigenvalue weighted by molar-refractivity contribution is 0.198. The maximum atomic E-state index is 4.94. The molecule has 0 aromatic carbocycles. The van der Waals surface area contributed by atoms with Crippen molar-refractivity contribution >= 4 is 0 Å². The molecule has 0 aromatic rings. The van der Waals surface area contributed by atoms with Gasteiger partial charge in [0.05, 0.1) is 0 Å². The maximum Gasteiger partial charge on any atom is 0.0466 e. The Morgan fingerprint density at radius 3 is 1.56 bits per heavy atom. The summed E-state index contributed by atoms with van der Waals surface area (Å²) in [5.41, 5.74) is 0. The van der Waals surface area contributed by atoms with Crippen LogP contribution in [0.25, 0.3) is 0 Å². The van der Waals surface area contributed by atoms with E-state index in [2.05, 4.69) is 13.8 Å². The van der Waals surface area contributed by atoms with Crippen LogP contribution in [-0.4, -0.2) is 13.2 Å². The first-order chi connectivity index (χ1) is 4.41. The van der Waals surface area contributed by atoms with Crippen molar-refractivity contribution in [1.29, 1.82) is 0 Å². The minimum atomic E-state index is 1.00. The standard InChI is InChI=1S/C4H8O.C4H10/c1-2-4-5-3-1;1-3-4-2/h1-4H2;3-4H2,1-2H3. The highest BCUT2D eigenvalue weighted by atomic mass is 16.5. The molecular weight excluding hydrogens is 112 g/mol. The van der Waals surface area contributed by atoms with Crippen LogP contribution in [0.4, 0.5) is 0 Å². The Morgan fingerprint density at radius 1 is 1.00 bits per heavy atom. The summed E-state index contributed by atoms with van der Waals surface area (Å²) in [7, 11) is 0. The Morgan fingerprint density at radius 2 is 1.44 bits per heavy atom. The van der Waals surface area contributed by atoms with E-state index >= 15 is 0 Å². The van der Waals surface area contributed by atoms with E-state index in [9.17, 15) is 0 Å². The summed E-state index contributed by atoms with van der Waals surface area (Å²) in [5.74, 6) is 0. The Balaban J connectivity index is 0.000000148. The monoisotopic (exact) mass is 130 g/mol. The topological polar surface area (TPSA) is 9.23 Å². The van der Waals surface area contributed by atoms with Crippen molar-refractivity contribution in [2.24, 2.45) is 0 Å². The first kappa shape index (κ1) is 8.96. The summed E-state index contributed by atoms with van der Waals surface area (Å²) in [6, 6.07) is 0. The van der Waals surface area contributed by atoms with Crippen molar-refractivity contribution in [2.45, 2.75) is 39.5 Å². The third-order valence-electron chi connectivity index (χ3n) is 1.33. The van der Waals surface area contributed by atoms with Crippen LogP contribution < -0.4 is 0 Å². The Kier molecular flexibility index (Phi) is 7.92. The molecule has 0 saturated carbocycles. The molecule has 1 heterocycles. The number of unbranched alkanes of at least 4 members (excludes halogenated alkanes) is 1. The highest BCUT2D eigenvalue weighted by Gasteiger charge is 1.94. The van der Waals surface area contributed by atoms with Gasteiger partial charge in [0.1, 0.15) is 0 Å². The molecule has 1 heteroatoms. The molecule has 0 unspecified atom stereocenters. The van der Waals surface area contributed by atoms with E-state index in [1.807, 2.05) is 0 Å². The maximum absolute atomic E-state index is 4.94. The molecule has 0 atom stereocenters. The van der Waals surface area contributed by atoms with Gasteiger partial charge < -0.3 is 4.74 Å². The highest BCUT2D eigenvalue weighted by molar-refractivity contribution is 4.43. The Hall–Kier alpha value is -0.0400. The summed E-state index contributed by atoms with van der Waals surface area (Å²) in [4.78, 5) is 0. The van der Waals surface area contributed by atoms with Crippen molar-refractivity contribution < 1.29 is 4.74 Å². The van der Waals surface area contributed by atoms with Gasteiger partial charge in [-0.3, -0.25) is 0 Å². The lowest BCUT2D eigenvalue weighted by atomic mass is 10.4. The summed E-state index contributed by atoms with van der Waals surface area (Å²) in [5, 5.41) is 0. The van der Waals surface area contributed by atoms with Crippen LogP contribution in [0.3, 0.4) is 0 Å². The summed E-state index contributed by atoms with van der Waals surface area (Å²) >= 11 is 0. The van der Waals surface area contributed by atoms with E-state index in [4.69, 9.17) is 4.74 Å². The van der Waals surface area contributed by atoms with Gasteiger partial charge in [0.15, 0.2) is 0 Å². The lowest BCUT2D eigenvalue weighted by Gasteiger charge is -1.76. The minimum absolute atomic E-state index is 1.00. The molecule has 1 aliphatic rings. The average molecular weight is 130 g/mol. The van der Waals surface area contributed by atoms with Crippen LogP contribution in [0.1, 0.15) is 39.5 Å². The van der Waals surface area contributed by atoms with E-state index in [0.717, 1.165) is 13.2 Å². The van der Waals surface area contributed by atoms with Crippen LogP contribution in [0.15, 0.2) is 0 Å². The van der Waals surface area contributed by atoms with Crippen LogP contribution in [0.2, 0.25) is 0 Å². The smallest absolute Gasteiger partial charge is 0.0466 e. The molecule has 9 heavy (non-hydrogen) atoms. The van der Waals surface area contributed by atoms with Gasteiger partial charge in [-0.05, 0) is 12.8 Å². The molecule has 0 spiro atoms. The zero-order chi connectivity index (χ0) is 6.95. The molecule has 0 aliphatic carbocycles. The zero-order valence-corrected chi connectivity index (χ0v) is 6.65. The molecular formula is C8H18O. The summed E-state index contributed by atoms with van der Waals surface area (Å²) < 4.78 is 4.94. The highest BCUT2D eigenvalue weighted by Crippen LogP contribution is 1.98. The lowest BCUT2D eigenvalue weighted by Crippen LogP contribution is -1.74. The van der Waals surface area contributed by atoms with E-state index in [0.29, 0.717) is 0 Å². The van der Waals surface area contributed by atoms with Crippen LogP contribution in [0, 0.1) is 0 Å². The fraction of sp³-hybridized carbons (Fsp3) is 1.00. The van der Waals surface area contributed by atoms with E-state index in [1.54, 1.807) is 0 Å². The minimum Gasteiger partial charge on any atom is -0.381 e. The molecule has 56 valence electrons. The van der Waals surface area contributed by atoms with Crippen LogP contribution >= 0.6 is 0 Å². The van der Waals surface area contributed by atoms with Gasteiger partial charge in [-0.2, -0.15) is 0 Å². The average Bonchev–Trinajstić information content (AvgIpc) is 2.43. The second-order valence-corrected chi connectivity index (χ2v) is 2.32. The Bertz CT molecular complexity index is 30.2.